The maximum atomic E-state index is 15.2. The molecule has 26 heavy (non-hydrogen) atoms. The number of nitrogens with two attached hydrogens (primary N) is 2. The fraction of sp³-hybridized carbons (Fsp3) is 0.684. The van der Waals surface area contributed by atoms with Gasteiger partial charge in [-0.3, -0.25) is 5.84 Å². The van der Waals surface area contributed by atoms with Gasteiger partial charge in [0.25, 0.3) is 0 Å². The molecule has 2 fully saturated rings. The highest BCUT2D eigenvalue weighted by Crippen LogP contribution is 2.49. The maximum absolute atomic E-state index is 15.2. The summed E-state index contributed by atoms with van der Waals surface area (Å²) in [6.45, 7) is 6.97. The Morgan fingerprint density at radius 1 is 1.27 bits per heavy atom. The molecule has 7 heteroatoms. The molecule has 0 aromatic heterocycles. The monoisotopic (exact) mass is 363 g/mol. The van der Waals surface area contributed by atoms with E-state index in [1.165, 1.54) is 0 Å². The van der Waals surface area contributed by atoms with Crippen LogP contribution in [0.5, 0.6) is 5.75 Å². The van der Waals surface area contributed by atoms with Gasteiger partial charge >= 0.3 is 0 Å². The van der Waals surface area contributed by atoms with Crippen LogP contribution in [0.4, 0.5) is 15.8 Å². The number of hydrogen-bond acceptors (Lipinski definition) is 6. The summed E-state index contributed by atoms with van der Waals surface area (Å²) in [5, 5.41) is 1.74. The molecular weight excluding hydrogens is 333 g/mol. The highest BCUT2D eigenvalue weighted by atomic mass is 19.1. The zero-order chi connectivity index (χ0) is 18.6. The molecule has 2 heterocycles. The van der Waals surface area contributed by atoms with Crippen LogP contribution in [0.1, 0.15) is 32.3 Å². The molecule has 1 saturated heterocycles. The second-order valence-corrected chi connectivity index (χ2v) is 8.24. The first-order valence-electron chi connectivity index (χ1n) is 9.56. The summed E-state index contributed by atoms with van der Waals surface area (Å²) < 4.78 is 21.0. The highest BCUT2D eigenvalue weighted by molar-refractivity contribution is 5.78. The normalized spacial score (nSPS) is 27.6. The number of benzene rings is 1. The van der Waals surface area contributed by atoms with Crippen molar-refractivity contribution in [2.24, 2.45) is 23.4 Å². The molecule has 3 aliphatic rings. The second kappa shape index (κ2) is 6.55. The van der Waals surface area contributed by atoms with Crippen LogP contribution in [0, 0.1) is 17.7 Å². The van der Waals surface area contributed by atoms with Crippen molar-refractivity contribution in [3.8, 4) is 5.75 Å². The summed E-state index contributed by atoms with van der Waals surface area (Å²) in [5.41, 5.74) is 8.66. The molecule has 0 bridgehead atoms. The maximum Gasteiger partial charge on any atom is 0.168 e. The number of anilines is 2. The zero-order valence-electron chi connectivity index (χ0n) is 15.9. The van der Waals surface area contributed by atoms with Gasteiger partial charge in [-0.1, -0.05) is 6.92 Å². The third-order valence-corrected chi connectivity index (χ3v) is 6.11. The third-order valence-electron chi connectivity index (χ3n) is 6.11. The minimum absolute atomic E-state index is 0.0930. The van der Waals surface area contributed by atoms with E-state index in [1.807, 2.05) is 6.92 Å². The molecule has 1 saturated carbocycles. The van der Waals surface area contributed by atoms with E-state index in [0.29, 0.717) is 42.5 Å². The summed E-state index contributed by atoms with van der Waals surface area (Å²) in [4.78, 5) is 4.40. The first kappa shape index (κ1) is 17.8. The van der Waals surface area contributed by atoms with Gasteiger partial charge < -0.3 is 20.3 Å². The number of nitrogens with zero attached hydrogens (tertiary/aromatic N) is 3. The number of fused-ring (bicyclic) bond motifs is 1. The number of rotatable bonds is 4. The number of ether oxygens (including phenoxy) is 1. The fourth-order valence-electron chi connectivity index (χ4n) is 4.66. The lowest BCUT2D eigenvalue weighted by Crippen LogP contribution is -2.47. The first-order chi connectivity index (χ1) is 12.4. The summed E-state index contributed by atoms with van der Waals surface area (Å²) in [7, 11) is 1.64. The van der Waals surface area contributed by atoms with Gasteiger partial charge in [0, 0.05) is 31.7 Å². The van der Waals surface area contributed by atoms with Crippen molar-refractivity contribution in [2.45, 2.75) is 45.3 Å². The van der Waals surface area contributed by atoms with Crippen molar-refractivity contribution in [1.82, 2.24) is 5.01 Å². The Morgan fingerprint density at radius 3 is 2.58 bits per heavy atom. The van der Waals surface area contributed by atoms with Crippen molar-refractivity contribution in [2.75, 3.05) is 36.7 Å². The van der Waals surface area contributed by atoms with E-state index in [-0.39, 0.29) is 11.9 Å². The molecule has 2 aliphatic heterocycles. The number of hydrogen-bond donors (Lipinski definition) is 2. The van der Waals surface area contributed by atoms with Gasteiger partial charge in [-0.05, 0) is 43.2 Å². The minimum atomic E-state index is -0.232. The Labute approximate surface area is 154 Å². The van der Waals surface area contributed by atoms with Crippen LogP contribution in [0.2, 0.25) is 0 Å². The topological polar surface area (TPSA) is 71.0 Å². The van der Waals surface area contributed by atoms with Crippen molar-refractivity contribution in [1.29, 1.82) is 0 Å². The molecule has 0 radical (unpaired) electrons. The van der Waals surface area contributed by atoms with Crippen molar-refractivity contribution in [3.63, 3.8) is 0 Å². The predicted octanol–water partition coefficient (Wildman–Crippen LogP) is 1.87. The Morgan fingerprint density at radius 2 is 2.00 bits per heavy atom. The average molecular weight is 363 g/mol. The molecule has 1 aromatic rings. The number of halogens is 1. The highest BCUT2D eigenvalue weighted by Gasteiger charge is 2.40. The van der Waals surface area contributed by atoms with E-state index in [4.69, 9.17) is 16.3 Å². The molecule has 3 unspecified atom stereocenters. The van der Waals surface area contributed by atoms with Crippen LogP contribution >= 0.6 is 0 Å². The first-order valence-corrected chi connectivity index (χ1v) is 9.56. The van der Waals surface area contributed by atoms with Crippen molar-refractivity contribution >= 4 is 11.4 Å². The summed E-state index contributed by atoms with van der Waals surface area (Å²) in [6, 6.07) is 2.21. The van der Waals surface area contributed by atoms with Crippen LogP contribution in [0.25, 0.3) is 0 Å². The van der Waals surface area contributed by atoms with Crippen LogP contribution in [0.3, 0.4) is 0 Å². The van der Waals surface area contributed by atoms with Crippen molar-refractivity contribution in [3.05, 3.63) is 17.4 Å². The molecular formula is C19H30FN5O. The largest absolute Gasteiger partial charge is 0.492 e. The Balaban J connectivity index is 1.78. The van der Waals surface area contributed by atoms with Crippen LogP contribution < -0.4 is 26.1 Å². The second-order valence-electron chi connectivity index (χ2n) is 8.24. The Kier molecular flexibility index (Phi) is 4.49. The van der Waals surface area contributed by atoms with Crippen molar-refractivity contribution < 1.29 is 9.13 Å². The summed E-state index contributed by atoms with van der Waals surface area (Å²) >= 11 is 0. The molecule has 1 aliphatic carbocycles. The van der Waals surface area contributed by atoms with Gasteiger partial charge in [0.2, 0.25) is 0 Å². The molecule has 0 spiro atoms. The van der Waals surface area contributed by atoms with Gasteiger partial charge in [0.1, 0.15) is 5.69 Å². The summed E-state index contributed by atoms with van der Waals surface area (Å²) in [5.74, 6) is 7.28. The molecule has 1 aromatic carbocycles. The molecule has 4 rings (SSSR count). The van der Waals surface area contributed by atoms with Crippen LogP contribution in [-0.4, -0.2) is 44.0 Å². The zero-order valence-corrected chi connectivity index (χ0v) is 15.9. The lowest BCUT2D eigenvalue weighted by molar-refractivity contribution is 0.255. The smallest absolute Gasteiger partial charge is 0.168 e. The van der Waals surface area contributed by atoms with Gasteiger partial charge in [-0.25, -0.2) is 9.40 Å². The van der Waals surface area contributed by atoms with E-state index in [9.17, 15) is 0 Å². The SMILES string of the molecule is COc1c(N2CC(C)C(C(C)N)C2)c(F)cc2c1N(C1CC1)CN(N)C2. The van der Waals surface area contributed by atoms with E-state index in [2.05, 4.69) is 16.7 Å². The Hall–Kier alpha value is -1.57. The fourth-order valence-corrected chi connectivity index (χ4v) is 4.66. The number of methoxy groups -OCH3 is 1. The van der Waals surface area contributed by atoms with Gasteiger partial charge in [0.05, 0.1) is 19.5 Å². The number of hydrazine groups is 1. The van der Waals surface area contributed by atoms with E-state index in [1.54, 1.807) is 18.2 Å². The molecule has 0 amide bonds. The van der Waals surface area contributed by atoms with Gasteiger partial charge in [0.15, 0.2) is 11.6 Å². The molecule has 6 nitrogen and oxygen atoms in total. The Bertz CT molecular complexity index is 693. The van der Waals surface area contributed by atoms with Gasteiger partial charge in [-0.2, -0.15) is 0 Å². The molecule has 3 atom stereocenters. The molecule has 144 valence electrons. The van der Waals surface area contributed by atoms with Crippen LogP contribution in [0.15, 0.2) is 6.07 Å². The third kappa shape index (κ3) is 2.92. The standard InChI is InChI=1S/C19H30FN5O/c1-11-7-23(9-15(11)12(2)21)18-16(20)6-13-8-24(22)10-25(14-4-5-14)17(13)19(18)26-3/h6,11-12,14-15H,4-5,7-10,21-22H2,1-3H3. The quantitative estimate of drug-likeness (QED) is 0.796. The van der Waals surface area contributed by atoms with Crippen LogP contribution in [-0.2, 0) is 6.54 Å². The van der Waals surface area contributed by atoms with Gasteiger partial charge in [-0.15, -0.1) is 0 Å². The van der Waals surface area contributed by atoms with E-state index >= 15 is 4.39 Å². The predicted molar refractivity (Wildman–Crippen MR) is 102 cm³/mol. The van der Waals surface area contributed by atoms with E-state index < -0.39 is 0 Å². The minimum Gasteiger partial charge on any atom is -0.492 e. The lowest BCUT2D eigenvalue weighted by atomic mass is 9.92. The summed E-state index contributed by atoms with van der Waals surface area (Å²) in [6.07, 6.45) is 2.30. The molecule has 4 N–H and O–H groups in total. The average Bonchev–Trinajstić information content (AvgIpc) is 3.34. The lowest BCUT2D eigenvalue weighted by Gasteiger charge is -2.38. The van der Waals surface area contributed by atoms with E-state index in [0.717, 1.165) is 37.2 Å².